The van der Waals surface area contributed by atoms with Crippen LogP contribution in [-0.2, 0) is 16.1 Å². The molecule has 0 amide bonds. The summed E-state index contributed by atoms with van der Waals surface area (Å²) in [7, 11) is 0. The molecule has 2 rings (SSSR count). The topological polar surface area (TPSA) is 21.8 Å². The molecule has 1 saturated heterocycles. The van der Waals surface area contributed by atoms with Crippen LogP contribution in [0.1, 0.15) is 16.7 Å². The Labute approximate surface area is 90.5 Å². The smallest absolute Gasteiger partial charge is 0.104 e. The quantitative estimate of drug-likeness (QED) is 0.687. The first-order valence-electron chi connectivity index (χ1n) is 5.21. The Morgan fingerprint density at radius 2 is 2.40 bits per heavy atom. The molecule has 0 N–H and O–H groups in total. The minimum absolute atomic E-state index is 0.345. The summed E-state index contributed by atoms with van der Waals surface area (Å²) in [5.74, 6) is 0. The molecule has 2 nitrogen and oxygen atoms in total. The van der Waals surface area contributed by atoms with E-state index in [0.717, 1.165) is 12.2 Å². The van der Waals surface area contributed by atoms with Crippen molar-refractivity contribution in [3.05, 3.63) is 41.5 Å². The van der Waals surface area contributed by atoms with Crippen LogP contribution < -0.4 is 0 Å². The van der Waals surface area contributed by atoms with E-state index in [-0.39, 0.29) is 0 Å². The van der Waals surface area contributed by atoms with Crippen molar-refractivity contribution in [2.75, 3.05) is 13.2 Å². The molecule has 1 heterocycles. The third-order valence-corrected chi connectivity index (χ3v) is 2.57. The highest BCUT2D eigenvalue weighted by atomic mass is 16.6. The fourth-order valence-corrected chi connectivity index (χ4v) is 1.47. The van der Waals surface area contributed by atoms with Crippen LogP contribution in [0.25, 0.3) is 6.08 Å². The predicted octanol–water partition coefficient (Wildman–Crippen LogP) is 2.55. The second-order valence-corrected chi connectivity index (χ2v) is 3.86. The number of hydrogen-bond acceptors (Lipinski definition) is 2. The summed E-state index contributed by atoms with van der Waals surface area (Å²) >= 11 is 0. The summed E-state index contributed by atoms with van der Waals surface area (Å²) in [5, 5.41) is 0. The molecule has 1 aliphatic heterocycles. The molecule has 2 heteroatoms. The zero-order valence-corrected chi connectivity index (χ0v) is 9.03. The standard InChI is InChI=1S/C13H16O2/c1-3-11-4-5-12(10(2)6-11)7-14-8-13-9-15-13/h3-6,13H,1,7-9H2,2H3. The Kier molecular flexibility index (Phi) is 3.19. The molecule has 0 bridgehead atoms. The zero-order valence-electron chi connectivity index (χ0n) is 9.03. The molecule has 80 valence electrons. The van der Waals surface area contributed by atoms with Crippen LogP contribution in [-0.4, -0.2) is 19.3 Å². The van der Waals surface area contributed by atoms with Gasteiger partial charge in [0.25, 0.3) is 0 Å². The van der Waals surface area contributed by atoms with Gasteiger partial charge in [0.1, 0.15) is 6.10 Å². The van der Waals surface area contributed by atoms with E-state index in [4.69, 9.17) is 9.47 Å². The first-order valence-corrected chi connectivity index (χ1v) is 5.21. The maximum atomic E-state index is 5.55. The monoisotopic (exact) mass is 204 g/mol. The van der Waals surface area contributed by atoms with E-state index in [2.05, 4.69) is 31.7 Å². The van der Waals surface area contributed by atoms with Gasteiger partial charge in [-0.3, -0.25) is 0 Å². The van der Waals surface area contributed by atoms with Gasteiger partial charge in [0.05, 0.1) is 19.8 Å². The van der Waals surface area contributed by atoms with E-state index in [1.165, 1.54) is 11.1 Å². The maximum Gasteiger partial charge on any atom is 0.104 e. The van der Waals surface area contributed by atoms with Crippen LogP contribution in [0, 0.1) is 6.92 Å². The van der Waals surface area contributed by atoms with Gasteiger partial charge in [-0.15, -0.1) is 0 Å². The van der Waals surface area contributed by atoms with Crippen molar-refractivity contribution in [3.63, 3.8) is 0 Å². The molecule has 0 aliphatic carbocycles. The predicted molar refractivity (Wildman–Crippen MR) is 60.7 cm³/mol. The molecule has 0 spiro atoms. The van der Waals surface area contributed by atoms with Crippen LogP contribution in [0.5, 0.6) is 0 Å². The van der Waals surface area contributed by atoms with Gasteiger partial charge in [0.2, 0.25) is 0 Å². The summed E-state index contributed by atoms with van der Waals surface area (Å²) in [5.41, 5.74) is 3.65. The van der Waals surface area contributed by atoms with E-state index >= 15 is 0 Å². The highest BCUT2D eigenvalue weighted by Crippen LogP contribution is 2.15. The minimum Gasteiger partial charge on any atom is -0.374 e. The van der Waals surface area contributed by atoms with Crippen molar-refractivity contribution >= 4 is 6.08 Å². The molecule has 1 fully saturated rings. The van der Waals surface area contributed by atoms with Crippen LogP contribution in [0.3, 0.4) is 0 Å². The summed E-state index contributed by atoms with van der Waals surface area (Å²) < 4.78 is 10.6. The van der Waals surface area contributed by atoms with Crippen LogP contribution in [0.15, 0.2) is 24.8 Å². The molecule has 15 heavy (non-hydrogen) atoms. The molecule has 1 atom stereocenters. The lowest BCUT2D eigenvalue weighted by Gasteiger charge is -2.07. The van der Waals surface area contributed by atoms with Gasteiger partial charge < -0.3 is 9.47 Å². The van der Waals surface area contributed by atoms with E-state index in [1.54, 1.807) is 0 Å². The molecular formula is C13H16O2. The first-order chi connectivity index (χ1) is 7.29. The number of epoxide rings is 1. The summed E-state index contributed by atoms with van der Waals surface area (Å²) in [6.07, 6.45) is 2.20. The van der Waals surface area contributed by atoms with Gasteiger partial charge in [-0.1, -0.05) is 30.9 Å². The Morgan fingerprint density at radius 1 is 1.60 bits per heavy atom. The third kappa shape index (κ3) is 2.91. The zero-order chi connectivity index (χ0) is 10.7. The van der Waals surface area contributed by atoms with Crippen LogP contribution >= 0.6 is 0 Å². The van der Waals surface area contributed by atoms with Gasteiger partial charge in [0.15, 0.2) is 0 Å². The van der Waals surface area contributed by atoms with Gasteiger partial charge in [-0.2, -0.15) is 0 Å². The lowest BCUT2D eigenvalue weighted by Crippen LogP contribution is -2.02. The van der Waals surface area contributed by atoms with Crippen molar-refractivity contribution in [1.29, 1.82) is 0 Å². The number of hydrogen-bond donors (Lipinski definition) is 0. The van der Waals surface area contributed by atoms with Crippen molar-refractivity contribution in [2.45, 2.75) is 19.6 Å². The summed E-state index contributed by atoms with van der Waals surface area (Å²) in [4.78, 5) is 0. The number of aryl methyl sites for hydroxylation is 1. The van der Waals surface area contributed by atoms with Gasteiger partial charge >= 0.3 is 0 Å². The third-order valence-electron chi connectivity index (χ3n) is 2.57. The van der Waals surface area contributed by atoms with Crippen molar-refractivity contribution in [2.24, 2.45) is 0 Å². The molecule has 1 aromatic rings. The Balaban J connectivity index is 1.91. The lowest BCUT2D eigenvalue weighted by molar-refractivity contribution is 0.104. The van der Waals surface area contributed by atoms with Crippen molar-refractivity contribution in [1.82, 2.24) is 0 Å². The van der Waals surface area contributed by atoms with Gasteiger partial charge in [0, 0.05) is 0 Å². The first kappa shape index (κ1) is 10.4. The molecule has 1 aromatic carbocycles. The fourth-order valence-electron chi connectivity index (χ4n) is 1.47. The highest BCUT2D eigenvalue weighted by Gasteiger charge is 2.22. The SMILES string of the molecule is C=Cc1ccc(COCC2CO2)c(C)c1. The Hall–Kier alpha value is -1.12. The Bertz CT molecular complexity index is 354. The number of benzene rings is 1. The molecule has 1 unspecified atom stereocenters. The van der Waals surface area contributed by atoms with Crippen molar-refractivity contribution in [3.8, 4) is 0 Å². The lowest BCUT2D eigenvalue weighted by atomic mass is 10.1. The largest absolute Gasteiger partial charge is 0.374 e. The minimum atomic E-state index is 0.345. The van der Waals surface area contributed by atoms with E-state index in [0.29, 0.717) is 19.3 Å². The number of ether oxygens (including phenoxy) is 2. The van der Waals surface area contributed by atoms with E-state index in [1.807, 2.05) is 6.08 Å². The average Bonchev–Trinajstić information content (AvgIpc) is 3.04. The van der Waals surface area contributed by atoms with Gasteiger partial charge in [-0.05, 0) is 23.6 Å². The molecule has 1 aliphatic rings. The highest BCUT2D eigenvalue weighted by molar-refractivity contribution is 5.49. The molecule has 0 aromatic heterocycles. The van der Waals surface area contributed by atoms with Crippen molar-refractivity contribution < 1.29 is 9.47 Å². The molecular weight excluding hydrogens is 188 g/mol. The van der Waals surface area contributed by atoms with Crippen LogP contribution in [0.4, 0.5) is 0 Å². The number of rotatable bonds is 5. The molecule has 0 saturated carbocycles. The van der Waals surface area contributed by atoms with E-state index < -0.39 is 0 Å². The maximum absolute atomic E-state index is 5.55. The normalized spacial score (nSPS) is 18.9. The molecule has 0 radical (unpaired) electrons. The summed E-state index contributed by atoms with van der Waals surface area (Å²) in [6, 6.07) is 6.28. The van der Waals surface area contributed by atoms with Crippen LogP contribution in [0.2, 0.25) is 0 Å². The second kappa shape index (κ2) is 4.60. The fraction of sp³-hybridized carbons (Fsp3) is 0.385. The van der Waals surface area contributed by atoms with E-state index in [9.17, 15) is 0 Å². The average molecular weight is 204 g/mol. The second-order valence-electron chi connectivity index (χ2n) is 3.86. The summed E-state index contributed by atoms with van der Waals surface area (Å²) in [6.45, 7) is 8.08. The Morgan fingerprint density at radius 3 is 3.00 bits per heavy atom. The van der Waals surface area contributed by atoms with Gasteiger partial charge in [-0.25, -0.2) is 0 Å².